The third-order valence-corrected chi connectivity index (χ3v) is 5.37. The fourth-order valence-electron chi connectivity index (χ4n) is 2.71. The zero-order valence-corrected chi connectivity index (χ0v) is 15.3. The molecule has 142 valence electrons. The van der Waals surface area contributed by atoms with Gasteiger partial charge in [0.05, 0.1) is 4.75 Å². The summed E-state index contributed by atoms with van der Waals surface area (Å²) in [6.07, 6.45) is 6.77. The summed E-state index contributed by atoms with van der Waals surface area (Å²) in [5.41, 5.74) is 8.16. The molecule has 4 N–H and O–H groups in total. The van der Waals surface area contributed by atoms with Gasteiger partial charge in [-0.25, -0.2) is 9.59 Å². The van der Waals surface area contributed by atoms with Gasteiger partial charge in [-0.05, 0) is 30.4 Å². The number of thioether (sulfide) groups is 1. The minimum atomic E-state index is -1.26. The van der Waals surface area contributed by atoms with E-state index in [0.717, 1.165) is 29.5 Å². The zero-order chi connectivity index (χ0) is 19.9. The lowest BCUT2D eigenvalue weighted by Crippen LogP contribution is -2.41. The second-order valence-corrected chi connectivity index (χ2v) is 6.99. The summed E-state index contributed by atoms with van der Waals surface area (Å²) in [7, 11) is 0. The summed E-state index contributed by atoms with van der Waals surface area (Å²) < 4.78 is 5.21. The number of hydrogen-bond acceptors (Lipinski definition) is 6. The number of carbonyl (C=O) groups is 2. The number of aromatic nitrogens is 1. The first-order valence-corrected chi connectivity index (χ1v) is 8.97. The number of carboxylic acid groups (broad SMARTS) is 2. The molecule has 1 aliphatic rings. The van der Waals surface area contributed by atoms with E-state index in [1.54, 1.807) is 11.8 Å². The number of rotatable bonds is 6. The Morgan fingerprint density at radius 2 is 2.00 bits per heavy atom. The predicted octanol–water partition coefficient (Wildman–Crippen LogP) is 3.29. The number of nitrogens with zero attached hydrogens (tertiary/aromatic N) is 1. The van der Waals surface area contributed by atoms with Crippen LogP contribution in [-0.2, 0) is 14.3 Å². The van der Waals surface area contributed by atoms with Crippen LogP contribution in [0.4, 0.5) is 0 Å². The van der Waals surface area contributed by atoms with Gasteiger partial charge in [0.15, 0.2) is 5.58 Å². The Morgan fingerprint density at radius 3 is 2.56 bits per heavy atom. The molecular formula is C19H20N2O5S. The van der Waals surface area contributed by atoms with Crippen LogP contribution in [0.15, 0.2) is 65.1 Å². The van der Waals surface area contributed by atoms with E-state index >= 15 is 0 Å². The predicted molar refractivity (Wildman–Crippen MR) is 104 cm³/mol. The first kappa shape index (κ1) is 20.5. The van der Waals surface area contributed by atoms with Crippen molar-refractivity contribution in [1.82, 2.24) is 5.16 Å². The lowest BCUT2D eigenvalue weighted by Gasteiger charge is -2.32. The molecule has 0 saturated carbocycles. The van der Waals surface area contributed by atoms with Crippen molar-refractivity contribution in [3.05, 3.63) is 66.3 Å². The van der Waals surface area contributed by atoms with Gasteiger partial charge in [-0.2, -0.15) is 0 Å². The van der Waals surface area contributed by atoms with Crippen molar-refractivity contribution in [2.75, 3.05) is 0 Å². The normalized spacial score (nSPS) is 19.6. The van der Waals surface area contributed by atoms with Crippen LogP contribution in [0.25, 0.3) is 11.0 Å². The molecule has 0 saturated heterocycles. The van der Waals surface area contributed by atoms with Gasteiger partial charge in [0.2, 0.25) is 0 Å². The number of carboxylic acids is 2. The van der Waals surface area contributed by atoms with Crippen LogP contribution in [0.5, 0.6) is 0 Å². The minimum absolute atomic E-state index is 0.0292. The fraction of sp³-hybridized carbons (Fsp3) is 0.211. The topological polar surface area (TPSA) is 127 Å². The maximum absolute atomic E-state index is 9.55. The molecule has 7 nitrogen and oxygen atoms in total. The Labute approximate surface area is 160 Å². The van der Waals surface area contributed by atoms with Crippen molar-refractivity contribution in [3.63, 3.8) is 0 Å². The molecular weight excluding hydrogens is 368 g/mol. The molecule has 0 spiro atoms. The van der Waals surface area contributed by atoms with E-state index in [0.29, 0.717) is 12.2 Å². The second kappa shape index (κ2) is 9.20. The van der Waals surface area contributed by atoms with Crippen molar-refractivity contribution in [1.29, 1.82) is 0 Å². The van der Waals surface area contributed by atoms with Gasteiger partial charge in [-0.15, -0.1) is 18.3 Å². The smallest absolute Gasteiger partial charge is 0.328 e. The van der Waals surface area contributed by atoms with Crippen LogP contribution < -0.4 is 5.73 Å². The fourth-order valence-corrected chi connectivity index (χ4v) is 3.87. The Bertz CT molecular complexity index is 863. The van der Waals surface area contributed by atoms with E-state index in [4.69, 9.17) is 20.5 Å². The maximum atomic E-state index is 9.55. The van der Waals surface area contributed by atoms with Gasteiger partial charge >= 0.3 is 11.9 Å². The average Bonchev–Trinajstić information content (AvgIpc) is 3.28. The summed E-state index contributed by atoms with van der Waals surface area (Å²) in [5, 5.41) is 23.1. The largest absolute Gasteiger partial charge is 0.478 e. The Balaban J connectivity index is 0.000000279. The van der Waals surface area contributed by atoms with E-state index in [2.05, 4.69) is 23.2 Å². The van der Waals surface area contributed by atoms with Crippen LogP contribution >= 0.6 is 11.8 Å². The van der Waals surface area contributed by atoms with Gasteiger partial charge in [0.25, 0.3) is 0 Å². The highest BCUT2D eigenvalue weighted by molar-refractivity contribution is 8.03. The van der Waals surface area contributed by atoms with Gasteiger partial charge < -0.3 is 20.5 Å². The van der Waals surface area contributed by atoms with E-state index in [9.17, 15) is 9.59 Å². The average molecular weight is 388 g/mol. The Morgan fingerprint density at radius 1 is 1.33 bits per heavy atom. The van der Waals surface area contributed by atoms with Crippen LogP contribution in [0.3, 0.4) is 0 Å². The molecule has 0 radical (unpaired) electrons. The molecule has 0 aliphatic carbocycles. The summed E-state index contributed by atoms with van der Waals surface area (Å²) in [4.78, 5) is 19.1. The van der Waals surface area contributed by atoms with Gasteiger partial charge in [-0.1, -0.05) is 29.4 Å². The molecule has 2 unspecified atom stereocenters. The standard InChI is InChI=1S/C15H16N2OS.C4H4O4/c1-2-6-13(16)15(9-5-10-19-15)14-11-7-3-4-8-12(11)18-17-14;5-3(6)1-2-4(7)8/h2-5,7-8,10,13H,1,6,9,16H2;1-2H,(H,5,6)(H,7,8)/b;2-1+. The van der Waals surface area contributed by atoms with Crippen molar-refractivity contribution < 1.29 is 24.3 Å². The number of para-hydroxylation sites is 1. The molecule has 2 aromatic rings. The van der Waals surface area contributed by atoms with Crippen LogP contribution in [0, 0.1) is 0 Å². The van der Waals surface area contributed by atoms with Crippen LogP contribution in [0.1, 0.15) is 18.5 Å². The Hall–Kier alpha value is -2.84. The number of hydrogen-bond donors (Lipinski definition) is 3. The van der Waals surface area contributed by atoms with Crippen LogP contribution in [0.2, 0.25) is 0 Å². The monoisotopic (exact) mass is 388 g/mol. The summed E-state index contributed by atoms with van der Waals surface area (Å²) >= 11 is 1.73. The van der Waals surface area contributed by atoms with Gasteiger partial charge in [-0.3, -0.25) is 0 Å². The number of aliphatic carboxylic acids is 2. The first-order valence-electron chi connectivity index (χ1n) is 8.09. The minimum Gasteiger partial charge on any atom is -0.478 e. The molecule has 1 aromatic carbocycles. The highest BCUT2D eigenvalue weighted by Gasteiger charge is 2.43. The second-order valence-electron chi connectivity index (χ2n) is 5.75. The van der Waals surface area contributed by atoms with Crippen molar-refractivity contribution in [3.8, 4) is 0 Å². The number of nitrogens with two attached hydrogens (primary N) is 1. The number of fused-ring (bicyclic) bond motifs is 1. The lowest BCUT2D eigenvalue weighted by molar-refractivity contribution is -0.134. The molecule has 0 fully saturated rings. The van der Waals surface area contributed by atoms with Crippen molar-refractivity contribution in [2.24, 2.45) is 5.73 Å². The summed E-state index contributed by atoms with van der Waals surface area (Å²) in [6, 6.07) is 7.91. The number of allylic oxidation sites excluding steroid dienone is 1. The Kier molecular flexibility index (Phi) is 6.98. The highest BCUT2D eigenvalue weighted by Crippen LogP contribution is 2.49. The lowest BCUT2D eigenvalue weighted by atomic mass is 9.88. The molecule has 3 rings (SSSR count). The summed E-state index contributed by atoms with van der Waals surface area (Å²) in [5.74, 6) is -2.51. The van der Waals surface area contributed by atoms with Crippen molar-refractivity contribution in [2.45, 2.75) is 23.6 Å². The molecule has 2 heterocycles. The van der Waals surface area contributed by atoms with E-state index in [1.807, 2.05) is 30.3 Å². The van der Waals surface area contributed by atoms with Gasteiger partial charge in [0, 0.05) is 23.6 Å². The summed E-state index contributed by atoms with van der Waals surface area (Å²) in [6.45, 7) is 3.79. The van der Waals surface area contributed by atoms with E-state index in [1.165, 1.54) is 0 Å². The highest BCUT2D eigenvalue weighted by atomic mass is 32.2. The zero-order valence-electron chi connectivity index (χ0n) is 14.4. The molecule has 1 aliphatic heterocycles. The van der Waals surface area contributed by atoms with E-state index in [-0.39, 0.29) is 10.8 Å². The SMILES string of the molecule is C=CCC(N)C1(c2noc3ccccc23)CC=CS1.O=C(O)/C=C/C(=O)O. The molecule has 27 heavy (non-hydrogen) atoms. The molecule has 0 amide bonds. The van der Waals surface area contributed by atoms with Crippen molar-refractivity contribution >= 4 is 34.7 Å². The molecule has 2 atom stereocenters. The molecule has 8 heteroatoms. The van der Waals surface area contributed by atoms with Gasteiger partial charge in [0.1, 0.15) is 5.69 Å². The van der Waals surface area contributed by atoms with E-state index < -0.39 is 11.9 Å². The van der Waals surface area contributed by atoms with Crippen LogP contribution in [-0.4, -0.2) is 33.4 Å². The third kappa shape index (κ3) is 4.87. The quantitative estimate of drug-likeness (QED) is 0.508. The number of benzene rings is 1. The molecule has 1 aromatic heterocycles. The molecule has 0 bridgehead atoms. The first-order chi connectivity index (χ1) is 12.9. The third-order valence-electron chi connectivity index (χ3n) is 3.96. The maximum Gasteiger partial charge on any atom is 0.328 e.